The van der Waals surface area contributed by atoms with Crippen LogP contribution in [0, 0.1) is 18.6 Å². The van der Waals surface area contributed by atoms with Gasteiger partial charge in [0.05, 0.1) is 5.69 Å². The standard InChI is InChI=1S/C13H14F2N2O2S2/c1-8-5-13(20-12(8)7-16-2)21(18,19)17-11-6-9(14)3-4-10(11)15/h3-6,16-17H,7H2,1-2H3. The lowest BCUT2D eigenvalue weighted by molar-refractivity contribution is 0.595. The molecule has 1 aromatic heterocycles. The number of nitrogens with one attached hydrogen (secondary N) is 2. The Kier molecular flexibility index (Phi) is 4.60. The van der Waals surface area contributed by atoms with Crippen molar-refractivity contribution >= 4 is 27.0 Å². The quantitative estimate of drug-likeness (QED) is 0.885. The van der Waals surface area contributed by atoms with Crippen LogP contribution < -0.4 is 10.0 Å². The van der Waals surface area contributed by atoms with Crippen molar-refractivity contribution in [3.05, 3.63) is 46.3 Å². The molecule has 0 aliphatic rings. The maximum absolute atomic E-state index is 13.5. The van der Waals surface area contributed by atoms with Gasteiger partial charge in [0.2, 0.25) is 0 Å². The average Bonchev–Trinajstić information content (AvgIpc) is 2.77. The molecule has 1 aromatic carbocycles. The van der Waals surface area contributed by atoms with Crippen LogP contribution in [0.1, 0.15) is 10.4 Å². The maximum atomic E-state index is 13.5. The molecule has 2 N–H and O–H groups in total. The number of thiophene rings is 1. The molecule has 0 aliphatic carbocycles. The number of halogens is 2. The SMILES string of the molecule is CNCc1sc(S(=O)(=O)Nc2cc(F)ccc2F)cc1C. The molecule has 0 unspecified atom stereocenters. The van der Waals surface area contributed by atoms with Crippen molar-refractivity contribution in [2.24, 2.45) is 0 Å². The summed E-state index contributed by atoms with van der Waals surface area (Å²) >= 11 is 1.09. The fourth-order valence-corrected chi connectivity index (χ4v) is 4.39. The van der Waals surface area contributed by atoms with Gasteiger partial charge < -0.3 is 5.32 Å². The van der Waals surface area contributed by atoms with Gasteiger partial charge in [0.1, 0.15) is 15.8 Å². The van der Waals surface area contributed by atoms with Crippen molar-refractivity contribution < 1.29 is 17.2 Å². The van der Waals surface area contributed by atoms with E-state index in [0.717, 1.165) is 40.0 Å². The zero-order chi connectivity index (χ0) is 15.6. The first-order chi connectivity index (χ1) is 9.83. The molecule has 1 heterocycles. The largest absolute Gasteiger partial charge is 0.315 e. The molecule has 114 valence electrons. The van der Waals surface area contributed by atoms with Crippen molar-refractivity contribution in [2.45, 2.75) is 17.7 Å². The molecule has 0 radical (unpaired) electrons. The molecule has 0 atom stereocenters. The molecule has 0 fully saturated rings. The lowest BCUT2D eigenvalue weighted by Gasteiger charge is -2.07. The summed E-state index contributed by atoms with van der Waals surface area (Å²) in [6, 6.07) is 4.12. The molecule has 0 bridgehead atoms. The van der Waals surface area contributed by atoms with E-state index < -0.39 is 27.3 Å². The van der Waals surface area contributed by atoms with Crippen LogP contribution in [0.2, 0.25) is 0 Å². The maximum Gasteiger partial charge on any atom is 0.271 e. The Morgan fingerprint density at radius 3 is 2.62 bits per heavy atom. The van der Waals surface area contributed by atoms with Gasteiger partial charge in [0.25, 0.3) is 10.0 Å². The van der Waals surface area contributed by atoms with Crippen molar-refractivity contribution in [2.75, 3.05) is 11.8 Å². The van der Waals surface area contributed by atoms with E-state index >= 15 is 0 Å². The first-order valence-electron chi connectivity index (χ1n) is 6.05. The topological polar surface area (TPSA) is 58.2 Å². The fourth-order valence-electron chi connectivity index (χ4n) is 1.73. The molecule has 0 saturated heterocycles. The predicted octanol–water partition coefficient (Wildman–Crippen LogP) is 2.85. The summed E-state index contributed by atoms with van der Waals surface area (Å²) in [7, 11) is -2.18. The van der Waals surface area contributed by atoms with Crippen LogP contribution in [0.25, 0.3) is 0 Å². The number of anilines is 1. The Balaban J connectivity index is 2.34. The van der Waals surface area contributed by atoms with Crippen molar-refractivity contribution in [3.63, 3.8) is 0 Å². The smallest absolute Gasteiger partial charge is 0.271 e. The van der Waals surface area contributed by atoms with Gasteiger partial charge in [-0.3, -0.25) is 4.72 Å². The number of hydrogen-bond acceptors (Lipinski definition) is 4. The summed E-state index contributed by atoms with van der Waals surface area (Å²) in [6.45, 7) is 2.34. The molecule has 2 rings (SSSR count). The monoisotopic (exact) mass is 332 g/mol. The summed E-state index contributed by atoms with van der Waals surface area (Å²) in [5.74, 6) is -1.55. The normalized spacial score (nSPS) is 11.6. The third-order valence-corrected chi connectivity index (χ3v) is 5.85. The second kappa shape index (κ2) is 6.08. The third-order valence-electron chi connectivity index (χ3n) is 2.77. The predicted molar refractivity (Wildman–Crippen MR) is 79.0 cm³/mol. The number of sulfonamides is 1. The van der Waals surface area contributed by atoms with Gasteiger partial charge in [-0.25, -0.2) is 17.2 Å². The first-order valence-corrected chi connectivity index (χ1v) is 8.35. The molecule has 8 heteroatoms. The van der Waals surface area contributed by atoms with Crippen molar-refractivity contribution in [3.8, 4) is 0 Å². The zero-order valence-electron chi connectivity index (χ0n) is 11.4. The van der Waals surface area contributed by atoms with Crippen LogP contribution in [0.4, 0.5) is 14.5 Å². The van der Waals surface area contributed by atoms with Crippen LogP contribution in [0.15, 0.2) is 28.5 Å². The van der Waals surface area contributed by atoms with Crippen molar-refractivity contribution in [1.29, 1.82) is 0 Å². The van der Waals surface area contributed by atoms with Crippen molar-refractivity contribution in [1.82, 2.24) is 5.32 Å². The molecule has 4 nitrogen and oxygen atoms in total. The second-order valence-corrected chi connectivity index (χ2v) is 7.48. The Morgan fingerprint density at radius 1 is 1.24 bits per heavy atom. The number of aryl methyl sites for hydroxylation is 1. The summed E-state index contributed by atoms with van der Waals surface area (Å²) in [4.78, 5) is 0.873. The van der Waals surface area contributed by atoms with Crippen LogP contribution in [-0.4, -0.2) is 15.5 Å². The Labute approximate surface area is 125 Å². The van der Waals surface area contributed by atoms with Gasteiger partial charge in [-0.2, -0.15) is 0 Å². The Bertz CT molecular complexity index is 758. The van der Waals surface area contributed by atoms with Crippen LogP contribution in [0.3, 0.4) is 0 Å². The highest BCUT2D eigenvalue weighted by Crippen LogP contribution is 2.28. The molecule has 2 aromatic rings. The van der Waals surface area contributed by atoms with Gasteiger partial charge in [-0.1, -0.05) is 0 Å². The number of hydrogen-bond donors (Lipinski definition) is 2. The molecule has 0 amide bonds. The lowest BCUT2D eigenvalue weighted by Crippen LogP contribution is -2.12. The minimum absolute atomic E-state index is 0.0638. The van der Waals surface area contributed by atoms with E-state index in [1.54, 1.807) is 14.0 Å². The number of benzene rings is 1. The molecular weight excluding hydrogens is 318 g/mol. The summed E-state index contributed by atoms with van der Waals surface area (Å²) in [6.07, 6.45) is 0. The van der Waals surface area contributed by atoms with E-state index in [0.29, 0.717) is 6.54 Å². The molecular formula is C13H14F2N2O2S2. The minimum Gasteiger partial charge on any atom is -0.315 e. The van der Waals surface area contributed by atoms with Gasteiger partial charge in [0.15, 0.2) is 0 Å². The molecule has 0 saturated carbocycles. The molecule has 0 spiro atoms. The highest BCUT2D eigenvalue weighted by atomic mass is 32.2. The number of rotatable bonds is 5. The van der Waals surface area contributed by atoms with E-state index in [2.05, 4.69) is 10.0 Å². The summed E-state index contributed by atoms with van der Waals surface area (Å²) in [5, 5.41) is 2.94. The van der Waals surface area contributed by atoms with Gasteiger partial charge in [-0.15, -0.1) is 11.3 Å². The third kappa shape index (κ3) is 3.58. The zero-order valence-corrected chi connectivity index (χ0v) is 13.0. The van der Waals surface area contributed by atoms with Gasteiger partial charge >= 0.3 is 0 Å². The highest BCUT2D eigenvalue weighted by molar-refractivity contribution is 7.94. The Morgan fingerprint density at radius 2 is 1.95 bits per heavy atom. The molecule has 0 aliphatic heterocycles. The first kappa shape index (κ1) is 15.9. The second-order valence-electron chi connectivity index (χ2n) is 4.43. The highest BCUT2D eigenvalue weighted by Gasteiger charge is 2.20. The van der Waals surface area contributed by atoms with E-state index in [4.69, 9.17) is 0 Å². The van der Waals surface area contributed by atoms with E-state index in [1.165, 1.54) is 6.07 Å². The van der Waals surface area contributed by atoms with E-state index in [-0.39, 0.29) is 4.21 Å². The minimum atomic E-state index is -3.94. The van der Waals surface area contributed by atoms with Crippen LogP contribution in [-0.2, 0) is 16.6 Å². The van der Waals surface area contributed by atoms with Gasteiger partial charge in [-0.05, 0) is 37.7 Å². The molecule has 21 heavy (non-hydrogen) atoms. The average molecular weight is 332 g/mol. The van der Waals surface area contributed by atoms with E-state index in [1.807, 2.05) is 0 Å². The van der Waals surface area contributed by atoms with Crippen LogP contribution >= 0.6 is 11.3 Å². The van der Waals surface area contributed by atoms with Gasteiger partial charge in [0, 0.05) is 17.5 Å². The summed E-state index contributed by atoms with van der Waals surface area (Å²) < 4.78 is 53.2. The fraction of sp³-hybridized carbons (Fsp3) is 0.231. The lowest BCUT2D eigenvalue weighted by atomic mass is 10.3. The van der Waals surface area contributed by atoms with E-state index in [9.17, 15) is 17.2 Å². The Hall–Kier alpha value is -1.51. The summed E-state index contributed by atoms with van der Waals surface area (Å²) in [5.41, 5.74) is 0.422. The van der Waals surface area contributed by atoms with Crippen LogP contribution in [0.5, 0.6) is 0 Å².